The van der Waals surface area contributed by atoms with E-state index in [1.165, 1.54) is 11.1 Å². The van der Waals surface area contributed by atoms with E-state index < -0.39 is 0 Å². The fourth-order valence-corrected chi connectivity index (χ4v) is 2.56. The highest BCUT2D eigenvalue weighted by molar-refractivity contribution is 5.58. The van der Waals surface area contributed by atoms with Gasteiger partial charge in [-0.2, -0.15) is 0 Å². The van der Waals surface area contributed by atoms with Crippen LogP contribution >= 0.6 is 0 Å². The molecule has 0 fully saturated rings. The molecule has 1 unspecified atom stereocenters. The highest BCUT2D eigenvalue weighted by Gasteiger charge is 2.10. The molecule has 0 amide bonds. The van der Waals surface area contributed by atoms with E-state index in [1.54, 1.807) is 0 Å². The molecule has 1 aromatic carbocycles. The van der Waals surface area contributed by atoms with Crippen molar-refractivity contribution in [2.24, 2.45) is 0 Å². The first-order valence-corrected chi connectivity index (χ1v) is 8.02. The second-order valence-electron chi connectivity index (χ2n) is 5.38. The third-order valence-corrected chi connectivity index (χ3v) is 3.71. The maximum Gasteiger partial charge on any atom is 0.0885 e. The minimum Gasteiger partial charge on any atom is -0.310 e. The summed E-state index contributed by atoms with van der Waals surface area (Å²) in [7, 11) is 0. The van der Waals surface area contributed by atoms with E-state index in [1.807, 2.05) is 10.9 Å². The summed E-state index contributed by atoms with van der Waals surface area (Å²) in [5, 5.41) is 11.8. The first-order valence-electron chi connectivity index (χ1n) is 8.02. The van der Waals surface area contributed by atoms with Crippen LogP contribution in [0, 0.1) is 0 Å². The average Bonchev–Trinajstić information content (AvgIpc) is 2.97. The molecule has 1 aromatic heterocycles. The van der Waals surface area contributed by atoms with Gasteiger partial charge in [-0.3, -0.25) is 0 Å². The molecule has 1 N–H and O–H groups in total. The van der Waals surface area contributed by atoms with Crippen molar-refractivity contribution in [3.05, 3.63) is 36.0 Å². The molecule has 0 bridgehead atoms. The van der Waals surface area contributed by atoms with Gasteiger partial charge in [-0.05, 0) is 31.4 Å². The Morgan fingerprint density at radius 3 is 2.48 bits per heavy atom. The molecule has 0 aliphatic rings. The highest BCUT2D eigenvalue weighted by Crippen LogP contribution is 2.23. The van der Waals surface area contributed by atoms with Crippen LogP contribution in [0.15, 0.2) is 30.5 Å². The lowest BCUT2D eigenvalue weighted by atomic mass is 10.0. The van der Waals surface area contributed by atoms with Gasteiger partial charge in [0.15, 0.2) is 0 Å². The predicted octanol–water partition coefficient (Wildman–Crippen LogP) is 3.81. The molecule has 0 radical (unpaired) electrons. The molecule has 1 heterocycles. The number of hydrogen-bond donors (Lipinski definition) is 1. The quantitative estimate of drug-likeness (QED) is 0.802. The lowest BCUT2D eigenvalue weighted by Crippen LogP contribution is -2.21. The Hall–Kier alpha value is -1.68. The van der Waals surface area contributed by atoms with Crippen molar-refractivity contribution in [1.29, 1.82) is 0 Å². The topological polar surface area (TPSA) is 42.7 Å². The molecular weight excluding hydrogens is 260 g/mol. The standard InChI is InChI=1S/C17H26N4/c1-4-11-18-16(6-3)14-7-9-15(10-8-14)17-13-19-20-21(17)12-5-2/h7-10,13,16,18H,4-6,11-12H2,1-3H3. The Balaban J connectivity index is 2.16. The van der Waals surface area contributed by atoms with Crippen LogP contribution < -0.4 is 5.32 Å². The molecule has 0 aliphatic carbocycles. The van der Waals surface area contributed by atoms with Gasteiger partial charge >= 0.3 is 0 Å². The lowest BCUT2D eigenvalue weighted by molar-refractivity contribution is 0.518. The second-order valence-corrected chi connectivity index (χ2v) is 5.38. The van der Waals surface area contributed by atoms with Gasteiger partial charge < -0.3 is 5.32 Å². The van der Waals surface area contributed by atoms with Crippen LogP contribution in [0.5, 0.6) is 0 Å². The molecule has 0 spiro atoms. The van der Waals surface area contributed by atoms with Crippen LogP contribution in [-0.4, -0.2) is 21.5 Å². The zero-order valence-electron chi connectivity index (χ0n) is 13.3. The van der Waals surface area contributed by atoms with Gasteiger partial charge in [-0.15, -0.1) is 5.10 Å². The largest absolute Gasteiger partial charge is 0.310 e. The van der Waals surface area contributed by atoms with Gasteiger partial charge in [0, 0.05) is 18.2 Å². The van der Waals surface area contributed by atoms with Crippen LogP contribution in [0.4, 0.5) is 0 Å². The van der Waals surface area contributed by atoms with Crippen LogP contribution in [0.25, 0.3) is 11.3 Å². The molecule has 2 rings (SSSR count). The normalized spacial score (nSPS) is 12.5. The maximum atomic E-state index is 4.15. The van der Waals surface area contributed by atoms with Gasteiger partial charge in [0.05, 0.1) is 11.9 Å². The van der Waals surface area contributed by atoms with E-state index in [0.29, 0.717) is 6.04 Å². The molecule has 4 nitrogen and oxygen atoms in total. The predicted molar refractivity (Wildman–Crippen MR) is 87.1 cm³/mol. The Kier molecular flexibility index (Phi) is 5.93. The van der Waals surface area contributed by atoms with E-state index in [4.69, 9.17) is 0 Å². The second kappa shape index (κ2) is 7.93. The summed E-state index contributed by atoms with van der Waals surface area (Å²) < 4.78 is 1.97. The van der Waals surface area contributed by atoms with Crippen molar-refractivity contribution >= 4 is 0 Å². The molecule has 21 heavy (non-hydrogen) atoms. The molecule has 0 saturated heterocycles. The summed E-state index contributed by atoms with van der Waals surface area (Å²) >= 11 is 0. The van der Waals surface area contributed by atoms with Crippen molar-refractivity contribution in [1.82, 2.24) is 20.3 Å². The first-order chi connectivity index (χ1) is 10.3. The number of aromatic nitrogens is 3. The smallest absolute Gasteiger partial charge is 0.0885 e. The van der Waals surface area contributed by atoms with Crippen LogP contribution in [0.1, 0.15) is 51.6 Å². The number of benzene rings is 1. The zero-order chi connectivity index (χ0) is 15.1. The van der Waals surface area contributed by atoms with E-state index >= 15 is 0 Å². The Bertz CT molecular complexity index is 530. The zero-order valence-corrected chi connectivity index (χ0v) is 13.3. The summed E-state index contributed by atoms with van der Waals surface area (Å²) in [6.45, 7) is 8.55. The van der Waals surface area contributed by atoms with Gasteiger partial charge in [0.25, 0.3) is 0 Å². The van der Waals surface area contributed by atoms with Crippen molar-refractivity contribution in [3.8, 4) is 11.3 Å². The number of rotatable bonds is 8. The summed E-state index contributed by atoms with van der Waals surface area (Å²) in [6, 6.07) is 9.23. The molecule has 0 saturated carbocycles. The average molecular weight is 286 g/mol. The summed E-state index contributed by atoms with van der Waals surface area (Å²) in [5.74, 6) is 0. The van der Waals surface area contributed by atoms with E-state index in [0.717, 1.165) is 38.0 Å². The van der Waals surface area contributed by atoms with Gasteiger partial charge in [0.1, 0.15) is 0 Å². The Morgan fingerprint density at radius 2 is 1.86 bits per heavy atom. The van der Waals surface area contributed by atoms with Crippen LogP contribution in [-0.2, 0) is 6.54 Å². The Morgan fingerprint density at radius 1 is 1.10 bits per heavy atom. The number of aryl methyl sites for hydroxylation is 1. The number of nitrogens with one attached hydrogen (secondary N) is 1. The van der Waals surface area contributed by atoms with Gasteiger partial charge in [-0.25, -0.2) is 4.68 Å². The third-order valence-electron chi connectivity index (χ3n) is 3.71. The summed E-state index contributed by atoms with van der Waals surface area (Å²) in [5.41, 5.74) is 3.63. The SMILES string of the molecule is CCCNC(CC)c1ccc(-c2cnnn2CCC)cc1. The molecule has 1 atom stereocenters. The lowest BCUT2D eigenvalue weighted by Gasteiger charge is -2.17. The molecule has 4 heteroatoms. The summed E-state index contributed by atoms with van der Waals surface area (Å²) in [4.78, 5) is 0. The van der Waals surface area contributed by atoms with Crippen molar-refractivity contribution in [3.63, 3.8) is 0 Å². The van der Waals surface area contributed by atoms with Crippen molar-refractivity contribution in [2.75, 3.05) is 6.54 Å². The minimum absolute atomic E-state index is 0.442. The van der Waals surface area contributed by atoms with Crippen molar-refractivity contribution < 1.29 is 0 Å². The van der Waals surface area contributed by atoms with Gasteiger partial charge in [0.2, 0.25) is 0 Å². The van der Waals surface area contributed by atoms with Crippen LogP contribution in [0.2, 0.25) is 0 Å². The van der Waals surface area contributed by atoms with E-state index in [9.17, 15) is 0 Å². The Labute approximate surface area is 127 Å². The summed E-state index contributed by atoms with van der Waals surface area (Å²) in [6.07, 6.45) is 5.18. The minimum atomic E-state index is 0.442. The molecule has 2 aromatic rings. The molecule has 0 aliphatic heterocycles. The van der Waals surface area contributed by atoms with E-state index in [-0.39, 0.29) is 0 Å². The van der Waals surface area contributed by atoms with Crippen molar-refractivity contribution in [2.45, 2.75) is 52.6 Å². The monoisotopic (exact) mass is 286 g/mol. The van der Waals surface area contributed by atoms with Gasteiger partial charge in [-0.1, -0.05) is 50.3 Å². The number of nitrogens with zero attached hydrogens (tertiary/aromatic N) is 3. The van der Waals surface area contributed by atoms with E-state index in [2.05, 4.69) is 60.7 Å². The molecule has 114 valence electrons. The maximum absolute atomic E-state index is 4.15. The third kappa shape index (κ3) is 3.91. The fourth-order valence-electron chi connectivity index (χ4n) is 2.56. The highest BCUT2D eigenvalue weighted by atomic mass is 15.4. The van der Waals surface area contributed by atoms with Crippen LogP contribution in [0.3, 0.4) is 0 Å². The first kappa shape index (κ1) is 15.7. The number of hydrogen-bond acceptors (Lipinski definition) is 3. The molecular formula is C17H26N4. The fraction of sp³-hybridized carbons (Fsp3) is 0.529.